The molecule has 1 aliphatic rings. The minimum absolute atomic E-state index is 0.252. The van der Waals surface area contributed by atoms with Crippen molar-refractivity contribution >= 4 is 34.2 Å². The molecule has 1 amide bonds. The molecular formula is C26H31N5O3S. The second-order valence-electron chi connectivity index (χ2n) is 9.86. The summed E-state index contributed by atoms with van der Waals surface area (Å²) in [5.41, 5.74) is 1.92. The summed E-state index contributed by atoms with van der Waals surface area (Å²) in [7, 11) is 0. The highest BCUT2D eigenvalue weighted by molar-refractivity contribution is 7.17. The highest BCUT2D eigenvalue weighted by Crippen LogP contribution is 2.30. The van der Waals surface area contributed by atoms with Gasteiger partial charge in [0.25, 0.3) is 5.91 Å². The first-order valence-corrected chi connectivity index (χ1v) is 12.8. The van der Waals surface area contributed by atoms with Crippen LogP contribution in [-0.4, -0.2) is 49.1 Å². The van der Waals surface area contributed by atoms with E-state index in [9.17, 15) is 9.90 Å². The smallest absolute Gasteiger partial charge is 0.268 e. The minimum Gasteiger partial charge on any atom is -0.440 e. The van der Waals surface area contributed by atoms with Crippen LogP contribution >= 0.6 is 11.3 Å². The number of hydrogen-bond acceptors (Lipinski definition) is 7. The molecule has 4 aromatic rings. The third-order valence-electron chi connectivity index (χ3n) is 6.13. The number of rotatable bonds is 7. The lowest BCUT2D eigenvalue weighted by Crippen LogP contribution is -2.29. The first kappa shape index (κ1) is 23.7. The summed E-state index contributed by atoms with van der Waals surface area (Å²) in [6.07, 6.45) is 5.47. The van der Waals surface area contributed by atoms with Crippen molar-refractivity contribution in [1.82, 2.24) is 19.4 Å². The molecule has 1 fully saturated rings. The van der Waals surface area contributed by atoms with Crippen LogP contribution in [0, 0.1) is 6.92 Å². The van der Waals surface area contributed by atoms with Gasteiger partial charge in [-0.25, -0.2) is 9.97 Å². The first-order chi connectivity index (χ1) is 16.7. The number of likely N-dealkylation sites (tertiary alicyclic amines) is 1. The van der Waals surface area contributed by atoms with Crippen molar-refractivity contribution in [2.75, 3.05) is 18.4 Å². The van der Waals surface area contributed by atoms with Crippen molar-refractivity contribution in [2.45, 2.75) is 58.7 Å². The Morgan fingerprint density at radius 3 is 2.71 bits per heavy atom. The summed E-state index contributed by atoms with van der Waals surface area (Å²) >= 11 is 1.34. The van der Waals surface area contributed by atoms with E-state index >= 15 is 0 Å². The van der Waals surface area contributed by atoms with Crippen molar-refractivity contribution in [3.8, 4) is 10.6 Å². The SMILES string of the molecule is Cc1ncc(-c2ccc(C(=O)Nc3nc4cc(CN5CCCCC5)ccc4n3CC(C)(C)O)s2)o1. The number of carbonyl (C=O) groups excluding carboxylic acids is 1. The average molecular weight is 494 g/mol. The number of nitrogens with one attached hydrogen (secondary N) is 1. The van der Waals surface area contributed by atoms with Gasteiger partial charge in [-0.15, -0.1) is 11.3 Å². The number of hydrogen-bond donors (Lipinski definition) is 2. The van der Waals surface area contributed by atoms with E-state index in [1.54, 1.807) is 33.0 Å². The second-order valence-corrected chi connectivity index (χ2v) is 10.9. The second kappa shape index (κ2) is 9.56. The van der Waals surface area contributed by atoms with Gasteiger partial charge in [0.2, 0.25) is 5.95 Å². The van der Waals surface area contributed by atoms with Crippen LogP contribution in [0.5, 0.6) is 0 Å². The number of imidazole rings is 1. The number of amides is 1. The highest BCUT2D eigenvalue weighted by Gasteiger charge is 2.22. The number of oxazole rings is 1. The summed E-state index contributed by atoms with van der Waals surface area (Å²) in [5.74, 6) is 1.40. The van der Waals surface area contributed by atoms with E-state index in [0.29, 0.717) is 29.0 Å². The Kier molecular flexibility index (Phi) is 6.48. The number of piperidine rings is 1. The van der Waals surface area contributed by atoms with Crippen LogP contribution in [-0.2, 0) is 13.1 Å². The number of aliphatic hydroxyl groups is 1. The number of carbonyl (C=O) groups is 1. The Bertz CT molecular complexity index is 1340. The van der Waals surface area contributed by atoms with E-state index in [1.165, 1.54) is 36.2 Å². The fourth-order valence-corrected chi connectivity index (χ4v) is 5.37. The van der Waals surface area contributed by atoms with Gasteiger partial charge in [0, 0.05) is 13.5 Å². The van der Waals surface area contributed by atoms with E-state index in [2.05, 4.69) is 27.3 Å². The minimum atomic E-state index is -0.972. The van der Waals surface area contributed by atoms with Crippen LogP contribution in [0.25, 0.3) is 21.7 Å². The predicted octanol–water partition coefficient (Wildman–Crippen LogP) is 5.07. The maximum atomic E-state index is 13.1. The predicted molar refractivity (Wildman–Crippen MR) is 138 cm³/mol. The molecule has 4 heterocycles. The largest absolute Gasteiger partial charge is 0.440 e. The van der Waals surface area contributed by atoms with E-state index in [0.717, 1.165) is 35.5 Å². The van der Waals surface area contributed by atoms with Gasteiger partial charge in [0.1, 0.15) is 0 Å². The molecule has 0 atom stereocenters. The monoisotopic (exact) mass is 493 g/mol. The van der Waals surface area contributed by atoms with Crippen LogP contribution < -0.4 is 5.32 Å². The van der Waals surface area contributed by atoms with Gasteiger partial charge in [-0.1, -0.05) is 12.5 Å². The topological polar surface area (TPSA) is 96.4 Å². The third-order valence-corrected chi connectivity index (χ3v) is 7.23. The molecule has 0 saturated carbocycles. The Morgan fingerprint density at radius 1 is 1.20 bits per heavy atom. The number of nitrogens with zero attached hydrogens (tertiary/aromatic N) is 4. The Hall–Kier alpha value is -3.01. The van der Waals surface area contributed by atoms with Crippen molar-refractivity contribution in [3.63, 3.8) is 0 Å². The number of benzene rings is 1. The lowest BCUT2D eigenvalue weighted by Gasteiger charge is -2.26. The van der Waals surface area contributed by atoms with Gasteiger partial charge in [-0.2, -0.15) is 0 Å². The molecule has 9 heteroatoms. The van der Waals surface area contributed by atoms with E-state index in [-0.39, 0.29) is 5.91 Å². The molecule has 2 N–H and O–H groups in total. The van der Waals surface area contributed by atoms with Gasteiger partial charge in [-0.05, 0) is 69.6 Å². The molecule has 3 aromatic heterocycles. The highest BCUT2D eigenvalue weighted by atomic mass is 32.1. The van der Waals surface area contributed by atoms with E-state index in [1.807, 2.05) is 16.7 Å². The van der Waals surface area contributed by atoms with Crippen molar-refractivity contribution in [3.05, 3.63) is 52.9 Å². The average Bonchev–Trinajstić information content (AvgIpc) is 3.53. The summed E-state index contributed by atoms with van der Waals surface area (Å²) < 4.78 is 7.46. The Morgan fingerprint density at radius 2 is 2.00 bits per heavy atom. The summed E-state index contributed by atoms with van der Waals surface area (Å²) in [6.45, 7) is 8.74. The van der Waals surface area contributed by atoms with E-state index < -0.39 is 5.60 Å². The molecule has 35 heavy (non-hydrogen) atoms. The molecule has 0 spiro atoms. The molecule has 1 aliphatic heterocycles. The lowest BCUT2D eigenvalue weighted by molar-refractivity contribution is 0.0630. The molecule has 1 aromatic carbocycles. The molecule has 1 saturated heterocycles. The van der Waals surface area contributed by atoms with Gasteiger partial charge in [-0.3, -0.25) is 15.0 Å². The molecule has 8 nitrogen and oxygen atoms in total. The molecular weight excluding hydrogens is 462 g/mol. The molecule has 0 aliphatic carbocycles. The molecule has 0 radical (unpaired) electrons. The van der Waals surface area contributed by atoms with Crippen molar-refractivity contribution in [2.24, 2.45) is 0 Å². The van der Waals surface area contributed by atoms with Gasteiger partial charge >= 0.3 is 0 Å². The zero-order valence-electron chi connectivity index (χ0n) is 20.4. The number of fused-ring (bicyclic) bond motifs is 1. The zero-order valence-corrected chi connectivity index (χ0v) is 21.2. The normalized spacial score (nSPS) is 15.1. The Balaban J connectivity index is 1.41. The van der Waals surface area contributed by atoms with Crippen LogP contribution in [0.15, 0.2) is 40.9 Å². The number of anilines is 1. The molecule has 184 valence electrons. The van der Waals surface area contributed by atoms with Crippen LogP contribution in [0.1, 0.15) is 54.2 Å². The maximum absolute atomic E-state index is 13.1. The van der Waals surface area contributed by atoms with Gasteiger partial charge in [0.05, 0.1) is 39.1 Å². The standard InChI is InChI=1S/C26H31N5O3S/c1-17-27-14-21(34-17)22-9-10-23(35-22)24(32)29-25-28-19-13-18(15-30-11-5-4-6-12-30)7-8-20(19)31(25)16-26(2,3)33/h7-10,13-14,33H,4-6,11-12,15-16H2,1-3H3,(H,28,29,32). The summed E-state index contributed by atoms with van der Waals surface area (Å²) in [6, 6.07) is 9.88. The number of thiophene rings is 1. The Labute approximate surface area is 208 Å². The first-order valence-electron chi connectivity index (χ1n) is 12.0. The van der Waals surface area contributed by atoms with Gasteiger partial charge in [0.15, 0.2) is 11.7 Å². The van der Waals surface area contributed by atoms with Gasteiger partial charge < -0.3 is 14.1 Å². The molecule has 0 bridgehead atoms. The zero-order chi connectivity index (χ0) is 24.6. The molecule has 5 rings (SSSR count). The van der Waals surface area contributed by atoms with E-state index in [4.69, 9.17) is 9.40 Å². The van der Waals surface area contributed by atoms with Crippen LogP contribution in [0.4, 0.5) is 5.95 Å². The fraction of sp³-hybridized carbons (Fsp3) is 0.423. The number of aromatic nitrogens is 3. The lowest BCUT2D eigenvalue weighted by atomic mass is 10.1. The third kappa shape index (κ3) is 5.47. The van der Waals surface area contributed by atoms with Crippen molar-refractivity contribution < 1.29 is 14.3 Å². The van der Waals surface area contributed by atoms with Crippen molar-refractivity contribution in [1.29, 1.82) is 0 Å². The summed E-state index contributed by atoms with van der Waals surface area (Å²) in [4.78, 5) is 25.9. The summed E-state index contributed by atoms with van der Waals surface area (Å²) in [5, 5.41) is 13.5. The van der Waals surface area contributed by atoms with Crippen LogP contribution in [0.2, 0.25) is 0 Å². The fourth-order valence-electron chi connectivity index (χ4n) is 4.52. The maximum Gasteiger partial charge on any atom is 0.268 e. The number of aryl methyl sites for hydroxylation is 1. The molecule has 0 unspecified atom stereocenters. The van der Waals surface area contributed by atoms with Crippen LogP contribution in [0.3, 0.4) is 0 Å². The quantitative estimate of drug-likeness (QED) is 0.373.